The Morgan fingerprint density at radius 2 is 2.33 bits per heavy atom. The molecular weight excluding hydrogens is 232 g/mol. The number of nitrogens with zero attached hydrogens (tertiary/aromatic N) is 2. The summed E-state index contributed by atoms with van der Waals surface area (Å²) >= 11 is 0. The number of aliphatic hydroxyl groups is 1. The fourth-order valence-corrected chi connectivity index (χ4v) is 2.35. The van der Waals surface area contributed by atoms with Crippen LogP contribution in [0.4, 0.5) is 5.82 Å². The van der Waals surface area contributed by atoms with Crippen molar-refractivity contribution >= 4 is 11.8 Å². The molecule has 1 aliphatic heterocycles. The normalized spacial score (nSPS) is 19.2. The molecule has 0 bridgehead atoms. The van der Waals surface area contributed by atoms with Crippen molar-refractivity contribution < 1.29 is 15.0 Å². The van der Waals surface area contributed by atoms with Crippen molar-refractivity contribution in [3.05, 3.63) is 23.4 Å². The van der Waals surface area contributed by atoms with E-state index in [9.17, 15) is 9.90 Å². The van der Waals surface area contributed by atoms with E-state index in [1.54, 1.807) is 12.1 Å². The number of rotatable bonds is 4. The van der Waals surface area contributed by atoms with Crippen LogP contribution in [0.2, 0.25) is 0 Å². The lowest BCUT2D eigenvalue weighted by atomic mass is 10.2. The van der Waals surface area contributed by atoms with E-state index in [-0.39, 0.29) is 18.2 Å². The molecule has 5 heteroatoms. The summed E-state index contributed by atoms with van der Waals surface area (Å²) in [7, 11) is 0. The van der Waals surface area contributed by atoms with Gasteiger partial charge in [0.25, 0.3) is 0 Å². The van der Waals surface area contributed by atoms with Crippen molar-refractivity contribution in [1.29, 1.82) is 0 Å². The summed E-state index contributed by atoms with van der Waals surface area (Å²) in [4.78, 5) is 17.6. The van der Waals surface area contributed by atoms with Gasteiger partial charge in [-0.25, -0.2) is 9.78 Å². The molecule has 0 saturated carbocycles. The summed E-state index contributed by atoms with van der Waals surface area (Å²) in [6.45, 7) is 2.86. The van der Waals surface area contributed by atoms with Crippen molar-refractivity contribution in [2.24, 2.45) is 0 Å². The largest absolute Gasteiger partial charge is 0.478 e. The first-order valence-electron chi connectivity index (χ1n) is 6.27. The number of anilines is 1. The van der Waals surface area contributed by atoms with Crippen molar-refractivity contribution in [2.75, 3.05) is 18.1 Å². The fraction of sp³-hybridized carbons (Fsp3) is 0.538. The fourth-order valence-electron chi connectivity index (χ4n) is 2.35. The van der Waals surface area contributed by atoms with Gasteiger partial charge in [0, 0.05) is 12.2 Å². The van der Waals surface area contributed by atoms with Crippen LogP contribution in [0.5, 0.6) is 0 Å². The van der Waals surface area contributed by atoms with Crippen LogP contribution in [-0.2, 0) is 6.42 Å². The van der Waals surface area contributed by atoms with Gasteiger partial charge in [-0.2, -0.15) is 0 Å². The average Bonchev–Trinajstić information content (AvgIpc) is 2.86. The highest BCUT2D eigenvalue weighted by molar-refractivity contribution is 5.88. The number of aliphatic hydroxyl groups excluding tert-OH is 1. The summed E-state index contributed by atoms with van der Waals surface area (Å²) in [5.74, 6) is -0.267. The Kier molecular flexibility index (Phi) is 3.81. The first-order valence-corrected chi connectivity index (χ1v) is 6.27. The number of aromatic nitrogens is 1. The summed E-state index contributed by atoms with van der Waals surface area (Å²) in [6.07, 6.45) is 2.63. The van der Waals surface area contributed by atoms with Gasteiger partial charge in [-0.3, -0.25) is 0 Å². The molecule has 1 atom stereocenters. The van der Waals surface area contributed by atoms with Crippen LogP contribution in [0, 0.1) is 0 Å². The van der Waals surface area contributed by atoms with Gasteiger partial charge >= 0.3 is 5.97 Å². The van der Waals surface area contributed by atoms with Crippen LogP contribution in [0.3, 0.4) is 0 Å². The van der Waals surface area contributed by atoms with Crippen molar-refractivity contribution in [2.45, 2.75) is 32.2 Å². The number of carbonyl (C=O) groups is 1. The van der Waals surface area contributed by atoms with Crippen molar-refractivity contribution in [3.63, 3.8) is 0 Å². The maximum atomic E-state index is 11.1. The van der Waals surface area contributed by atoms with Gasteiger partial charge in [0.1, 0.15) is 5.82 Å². The minimum Gasteiger partial charge on any atom is -0.478 e. The third-order valence-corrected chi connectivity index (χ3v) is 3.36. The molecule has 1 aromatic rings. The van der Waals surface area contributed by atoms with Crippen molar-refractivity contribution in [3.8, 4) is 0 Å². The van der Waals surface area contributed by atoms with Crippen molar-refractivity contribution in [1.82, 2.24) is 4.98 Å². The van der Waals surface area contributed by atoms with Gasteiger partial charge in [-0.1, -0.05) is 6.92 Å². The third kappa shape index (κ3) is 2.46. The van der Waals surface area contributed by atoms with Gasteiger partial charge in [-0.05, 0) is 31.4 Å². The van der Waals surface area contributed by atoms with Crippen LogP contribution >= 0.6 is 0 Å². The Bertz CT molecular complexity index is 448. The lowest BCUT2D eigenvalue weighted by Crippen LogP contribution is -2.33. The maximum Gasteiger partial charge on any atom is 0.335 e. The quantitative estimate of drug-likeness (QED) is 0.842. The predicted molar refractivity (Wildman–Crippen MR) is 68.0 cm³/mol. The first kappa shape index (κ1) is 12.8. The molecule has 2 heterocycles. The highest BCUT2D eigenvalue weighted by Crippen LogP contribution is 2.25. The van der Waals surface area contributed by atoms with E-state index in [0.29, 0.717) is 12.2 Å². The van der Waals surface area contributed by atoms with Gasteiger partial charge in [0.15, 0.2) is 0 Å². The number of hydrogen-bond acceptors (Lipinski definition) is 4. The maximum absolute atomic E-state index is 11.1. The van der Waals surface area contributed by atoms with Crippen LogP contribution in [0.1, 0.15) is 35.8 Å². The Morgan fingerprint density at radius 3 is 2.94 bits per heavy atom. The van der Waals surface area contributed by atoms with Crippen LogP contribution in [0.15, 0.2) is 12.1 Å². The Labute approximate surface area is 106 Å². The van der Waals surface area contributed by atoms with Crippen LogP contribution in [0.25, 0.3) is 0 Å². The summed E-state index contributed by atoms with van der Waals surface area (Å²) in [5.41, 5.74) is 1.04. The zero-order chi connectivity index (χ0) is 13.1. The zero-order valence-electron chi connectivity index (χ0n) is 10.5. The molecule has 0 aromatic carbocycles. The molecule has 1 aliphatic rings. The Balaban J connectivity index is 2.37. The lowest BCUT2D eigenvalue weighted by molar-refractivity contribution is 0.0696. The Hall–Kier alpha value is -1.62. The summed E-state index contributed by atoms with van der Waals surface area (Å²) in [5, 5.41) is 18.4. The second kappa shape index (κ2) is 5.35. The first-order chi connectivity index (χ1) is 8.65. The average molecular weight is 250 g/mol. The topological polar surface area (TPSA) is 73.7 Å². The molecule has 5 nitrogen and oxygen atoms in total. The van der Waals surface area contributed by atoms with Gasteiger partial charge in [-0.15, -0.1) is 0 Å². The molecule has 1 aromatic heterocycles. The molecule has 0 radical (unpaired) electrons. The number of aromatic carboxylic acids is 1. The highest BCUT2D eigenvalue weighted by atomic mass is 16.4. The third-order valence-electron chi connectivity index (χ3n) is 3.36. The van der Waals surface area contributed by atoms with E-state index in [4.69, 9.17) is 5.11 Å². The summed E-state index contributed by atoms with van der Waals surface area (Å²) < 4.78 is 0. The minimum atomic E-state index is -0.937. The monoisotopic (exact) mass is 250 g/mol. The molecule has 18 heavy (non-hydrogen) atoms. The second-order valence-corrected chi connectivity index (χ2v) is 4.54. The van der Waals surface area contributed by atoms with Crippen LogP contribution in [-0.4, -0.2) is 40.4 Å². The van der Waals surface area contributed by atoms with E-state index in [0.717, 1.165) is 25.1 Å². The van der Waals surface area contributed by atoms with E-state index in [2.05, 4.69) is 4.98 Å². The number of carboxylic acids is 1. The predicted octanol–water partition coefficient (Wildman–Crippen LogP) is 1.30. The molecule has 98 valence electrons. The lowest BCUT2D eigenvalue weighted by Gasteiger charge is -2.24. The Morgan fingerprint density at radius 1 is 1.56 bits per heavy atom. The molecule has 0 amide bonds. The molecular formula is C13H18N2O3. The SMILES string of the molecule is CCc1cc(C(=O)O)cc(N2CCCC2CO)n1. The van der Waals surface area contributed by atoms with E-state index >= 15 is 0 Å². The number of carboxylic acid groups (broad SMARTS) is 1. The van der Waals surface area contributed by atoms with E-state index < -0.39 is 5.97 Å². The number of aryl methyl sites for hydroxylation is 1. The van der Waals surface area contributed by atoms with Gasteiger partial charge in [0.05, 0.1) is 18.2 Å². The molecule has 1 saturated heterocycles. The zero-order valence-corrected chi connectivity index (χ0v) is 10.5. The summed E-state index contributed by atoms with van der Waals surface area (Å²) in [6, 6.07) is 3.26. The van der Waals surface area contributed by atoms with Gasteiger partial charge in [0.2, 0.25) is 0 Å². The molecule has 2 rings (SSSR count). The van der Waals surface area contributed by atoms with Gasteiger partial charge < -0.3 is 15.1 Å². The minimum absolute atomic E-state index is 0.0613. The smallest absolute Gasteiger partial charge is 0.335 e. The molecule has 1 fully saturated rings. The standard InChI is InChI=1S/C13H18N2O3/c1-2-10-6-9(13(17)18)7-12(14-10)15-5-3-4-11(15)8-16/h6-7,11,16H,2-5,8H2,1H3,(H,17,18). The second-order valence-electron chi connectivity index (χ2n) is 4.54. The molecule has 1 unspecified atom stereocenters. The van der Waals surface area contributed by atoms with Crippen LogP contribution < -0.4 is 4.90 Å². The van der Waals surface area contributed by atoms with E-state index in [1.807, 2.05) is 11.8 Å². The number of pyridine rings is 1. The molecule has 0 spiro atoms. The molecule has 2 N–H and O–H groups in total. The molecule has 0 aliphatic carbocycles. The van der Waals surface area contributed by atoms with E-state index in [1.165, 1.54) is 0 Å². The number of hydrogen-bond donors (Lipinski definition) is 2. The highest BCUT2D eigenvalue weighted by Gasteiger charge is 2.25.